The van der Waals surface area contributed by atoms with E-state index in [9.17, 15) is 27.2 Å². The normalized spacial score (nSPS) is 11.3. The van der Waals surface area contributed by atoms with Crippen LogP contribution in [-0.2, 0) is 6.18 Å². The lowest BCUT2D eigenvalue weighted by Gasteiger charge is -2.13. The molecule has 3 rings (SSSR count). The van der Waals surface area contributed by atoms with Crippen LogP contribution in [0.3, 0.4) is 0 Å². The summed E-state index contributed by atoms with van der Waals surface area (Å²) in [4.78, 5) is 24.5. The molecule has 3 aromatic rings. The quantitative estimate of drug-likeness (QED) is 0.688. The summed E-state index contributed by atoms with van der Waals surface area (Å²) in [6, 6.07) is 10.3. The van der Waals surface area contributed by atoms with Gasteiger partial charge in [-0.3, -0.25) is 9.59 Å². The van der Waals surface area contributed by atoms with E-state index in [1.807, 2.05) is 0 Å². The Balaban J connectivity index is 2.00. The van der Waals surface area contributed by atoms with E-state index in [1.165, 1.54) is 31.2 Å². The van der Waals surface area contributed by atoms with Gasteiger partial charge in [0.25, 0.3) is 5.91 Å². The van der Waals surface area contributed by atoms with Gasteiger partial charge in [-0.1, -0.05) is 6.07 Å². The lowest BCUT2D eigenvalue weighted by Crippen LogP contribution is -2.27. The molecule has 1 aromatic heterocycles. The fraction of sp³-hybridized carbons (Fsp3) is 0.105. The van der Waals surface area contributed by atoms with E-state index in [1.54, 1.807) is 0 Å². The van der Waals surface area contributed by atoms with Crippen molar-refractivity contribution in [1.82, 2.24) is 9.78 Å². The van der Waals surface area contributed by atoms with Crippen LogP contribution in [0.5, 0.6) is 0 Å². The summed E-state index contributed by atoms with van der Waals surface area (Å²) >= 11 is 0. The van der Waals surface area contributed by atoms with Crippen molar-refractivity contribution in [1.29, 1.82) is 0 Å². The largest absolute Gasteiger partial charge is 0.416 e. The molecule has 144 valence electrons. The van der Waals surface area contributed by atoms with Crippen LogP contribution in [0, 0.1) is 12.7 Å². The van der Waals surface area contributed by atoms with Crippen LogP contribution >= 0.6 is 0 Å². The zero-order valence-corrected chi connectivity index (χ0v) is 14.4. The van der Waals surface area contributed by atoms with Gasteiger partial charge in [0.2, 0.25) is 5.43 Å². The van der Waals surface area contributed by atoms with Gasteiger partial charge < -0.3 is 5.32 Å². The first-order chi connectivity index (χ1) is 13.1. The molecule has 0 spiro atoms. The van der Waals surface area contributed by atoms with E-state index in [2.05, 4.69) is 10.4 Å². The van der Waals surface area contributed by atoms with Crippen molar-refractivity contribution in [2.75, 3.05) is 5.32 Å². The number of carbonyl (C=O) groups excluding carboxylic acids is 1. The van der Waals surface area contributed by atoms with Crippen LogP contribution in [-0.4, -0.2) is 15.7 Å². The van der Waals surface area contributed by atoms with Gasteiger partial charge in [-0.25, -0.2) is 9.07 Å². The Bertz CT molecular complexity index is 1090. The average Bonchev–Trinajstić information content (AvgIpc) is 2.63. The third-order valence-electron chi connectivity index (χ3n) is 3.84. The number of nitrogens with zero attached hydrogens (tertiary/aromatic N) is 2. The lowest BCUT2D eigenvalue weighted by molar-refractivity contribution is -0.137. The summed E-state index contributed by atoms with van der Waals surface area (Å²) in [5.41, 5.74) is -1.56. The van der Waals surface area contributed by atoms with Crippen molar-refractivity contribution in [3.63, 3.8) is 0 Å². The Hall–Kier alpha value is -3.49. The first-order valence-corrected chi connectivity index (χ1v) is 8.01. The van der Waals surface area contributed by atoms with E-state index in [0.29, 0.717) is 0 Å². The second kappa shape index (κ2) is 7.26. The van der Waals surface area contributed by atoms with Crippen molar-refractivity contribution in [2.24, 2.45) is 0 Å². The van der Waals surface area contributed by atoms with Gasteiger partial charge in [-0.15, -0.1) is 0 Å². The molecule has 0 fully saturated rings. The van der Waals surface area contributed by atoms with Crippen LogP contribution in [0.25, 0.3) is 5.69 Å². The maximum atomic E-state index is 13.0. The fourth-order valence-corrected chi connectivity index (χ4v) is 2.50. The van der Waals surface area contributed by atoms with E-state index < -0.39 is 34.6 Å². The van der Waals surface area contributed by atoms with Crippen molar-refractivity contribution in [3.05, 3.63) is 87.6 Å². The van der Waals surface area contributed by atoms with Crippen LogP contribution in [0.4, 0.5) is 23.2 Å². The molecular formula is C19H13F4N3O2. The summed E-state index contributed by atoms with van der Waals surface area (Å²) in [5, 5.41) is 6.33. The molecule has 0 radical (unpaired) electrons. The molecule has 28 heavy (non-hydrogen) atoms. The van der Waals surface area contributed by atoms with Gasteiger partial charge in [-0.05, 0) is 49.4 Å². The molecule has 0 aliphatic heterocycles. The maximum Gasteiger partial charge on any atom is 0.416 e. The highest BCUT2D eigenvalue weighted by molar-refractivity contribution is 6.02. The standard InChI is InChI=1S/C19H13F4N3O2/c1-11-9-16(27)17(18(28)24-14-7-5-13(20)6-8-14)25-26(11)15-4-2-3-12(10-15)19(21,22)23/h2-10H,1H3,(H,24,28). The topological polar surface area (TPSA) is 64.0 Å². The highest BCUT2D eigenvalue weighted by Gasteiger charge is 2.30. The number of hydrogen-bond acceptors (Lipinski definition) is 3. The highest BCUT2D eigenvalue weighted by atomic mass is 19.4. The molecule has 9 heteroatoms. The van der Waals surface area contributed by atoms with E-state index in [4.69, 9.17) is 0 Å². The number of rotatable bonds is 3. The second-order valence-corrected chi connectivity index (χ2v) is 5.92. The summed E-state index contributed by atoms with van der Waals surface area (Å²) in [6.45, 7) is 1.48. The maximum absolute atomic E-state index is 13.0. The molecule has 0 unspecified atom stereocenters. The van der Waals surface area contributed by atoms with Gasteiger partial charge in [0, 0.05) is 17.4 Å². The smallest absolute Gasteiger partial charge is 0.320 e. The molecule has 0 saturated heterocycles. The van der Waals surface area contributed by atoms with Gasteiger partial charge in [0.15, 0.2) is 5.69 Å². The summed E-state index contributed by atoms with van der Waals surface area (Å²) in [7, 11) is 0. The number of hydrogen-bond donors (Lipinski definition) is 1. The third-order valence-corrected chi connectivity index (χ3v) is 3.84. The zero-order valence-electron chi connectivity index (χ0n) is 14.4. The van der Waals surface area contributed by atoms with E-state index >= 15 is 0 Å². The average molecular weight is 391 g/mol. The van der Waals surface area contributed by atoms with Crippen molar-refractivity contribution in [2.45, 2.75) is 13.1 Å². The molecule has 2 aromatic carbocycles. The van der Waals surface area contributed by atoms with Crippen LogP contribution in [0.15, 0.2) is 59.4 Å². The van der Waals surface area contributed by atoms with Gasteiger partial charge in [-0.2, -0.15) is 18.3 Å². The molecule has 0 aliphatic carbocycles. The molecule has 1 amide bonds. The number of alkyl halides is 3. The number of nitrogens with one attached hydrogen (secondary N) is 1. The first-order valence-electron chi connectivity index (χ1n) is 8.01. The van der Waals surface area contributed by atoms with Crippen LogP contribution in [0.1, 0.15) is 21.7 Å². The lowest BCUT2D eigenvalue weighted by atomic mass is 10.2. The van der Waals surface area contributed by atoms with Crippen LogP contribution < -0.4 is 10.7 Å². The summed E-state index contributed by atoms with van der Waals surface area (Å²) in [6.07, 6.45) is -4.55. The fourth-order valence-electron chi connectivity index (χ4n) is 2.50. The summed E-state index contributed by atoms with van der Waals surface area (Å²) < 4.78 is 52.9. The molecule has 5 nitrogen and oxygen atoms in total. The molecule has 1 N–H and O–H groups in total. The SMILES string of the molecule is Cc1cc(=O)c(C(=O)Nc2ccc(F)cc2)nn1-c1cccc(C(F)(F)F)c1. The monoisotopic (exact) mass is 391 g/mol. The van der Waals surface area contributed by atoms with E-state index in [-0.39, 0.29) is 17.1 Å². The number of benzene rings is 2. The second-order valence-electron chi connectivity index (χ2n) is 5.92. The molecule has 0 atom stereocenters. The Kier molecular flexibility index (Phi) is 5.00. The number of anilines is 1. The highest BCUT2D eigenvalue weighted by Crippen LogP contribution is 2.30. The number of aromatic nitrogens is 2. The molecule has 0 aliphatic rings. The van der Waals surface area contributed by atoms with E-state index in [0.717, 1.165) is 35.0 Å². The Morgan fingerprint density at radius 1 is 1.07 bits per heavy atom. The van der Waals surface area contributed by atoms with Gasteiger partial charge >= 0.3 is 6.18 Å². The van der Waals surface area contributed by atoms with Gasteiger partial charge in [0.1, 0.15) is 5.82 Å². The van der Waals surface area contributed by atoms with Crippen molar-refractivity contribution in [3.8, 4) is 5.69 Å². The minimum absolute atomic E-state index is 0.0446. The zero-order chi connectivity index (χ0) is 20.5. The Morgan fingerprint density at radius 2 is 1.75 bits per heavy atom. The number of amides is 1. The summed E-state index contributed by atoms with van der Waals surface area (Å²) in [5.74, 6) is -1.37. The number of carbonyl (C=O) groups is 1. The number of halogens is 4. The Labute approximate surface area is 156 Å². The van der Waals surface area contributed by atoms with Crippen molar-refractivity contribution >= 4 is 11.6 Å². The molecule has 0 bridgehead atoms. The van der Waals surface area contributed by atoms with Crippen LogP contribution in [0.2, 0.25) is 0 Å². The number of aryl methyl sites for hydroxylation is 1. The van der Waals surface area contributed by atoms with Gasteiger partial charge in [0.05, 0.1) is 11.3 Å². The minimum Gasteiger partial charge on any atom is -0.320 e. The third kappa shape index (κ3) is 4.08. The first kappa shape index (κ1) is 19.3. The molecule has 0 saturated carbocycles. The molecule has 1 heterocycles. The minimum atomic E-state index is -4.55. The predicted molar refractivity (Wildman–Crippen MR) is 93.9 cm³/mol. The molecular weight excluding hydrogens is 378 g/mol. The Morgan fingerprint density at radius 3 is 2.39 bits per heavy atom. The predicted octanol–water partition coefficient (Wildman–Crippen LogP) is 3.95. The van der Waals surface area contributed by atoms with Crippen molar-refractivity contribution < 1.29 is 22.4 Å².